The third-order valence-electron chi connectivity index (χ3n) is 3.06. The van der Waals surface area contributed by atoms with Crippen LogP contribution < -0.4 is 0 Å². The summed E-state index contributed by atoms with van der Waals surface area (Å²) in [6.45, 7) is 11.4. The Morgan fingerprint density at radius 3 is 2.33 bits per heavy atom. The summed E-state index contributed by atoms with van der Waals surface area (Å²) < 4.78 is 0. The average molecular weight is 169 g/mol. The van der Waals surface area contributed by atoms with Crippen LogP contribution in [0.2, 0.25) is 0 Å². The highest BCUT2D eigenvalue weighted by Gasteiger charge is 2.41. The number of fused-ring (bicyclic) bond motifs is 1. The van der Waals surface area contributed by atoms with E-state index in [9.17, 15) is 0 Å². The fourth-order valence-corrected chi connectivity index (χ4v) is 2.08. The van der Waals surface area contributed by atoms with E-state index in [-0.39, 0.29) is 0 Å². The van der Waals surface area contributed by atoms with Crippen molar-refractivity contribution in [3.63, 3.8) is 0 Å². The highest BCUT2D eigenvalue weighted by molar-refractivity contribution is 4.93. The van der Waals surface area contributed by atoms with Crippen molar-refractivity contribution in [1.29, 1.82) is 0 Å². The standard InChI is InChI=1S/C9H17N.C2H6/c1-7(2)10-4-3-8-5-9(8)6-10;1-2/h7-9H,3-6H2,1-2H3;1-2H3. The Morgan fingerprint density at radius 2 is 1.83 bits per heavy atom. The summed E-state index contributed by atoms with van der Waals surface area (Å²) >= 11 is 0. The Kier molecular flexibility index (Phi) is 3.57. The molecule has 12 heavy (non-hydrogen) atoms. The van der Waals surface area contributed by atoms with Gasteiger partial charge in [0.25, 0.3) is 0 Å². The SMILES string of the molecule is CC.CC(C)N1CCC2CC2C1. The van der Waals surface area contributed by atoms with Gasteiger partial charge >= 0.3 is 0 Å². The number of nitrogens with zero attached hydrogens (tertiary/aromatic N) is 1. The van der Waals surface area contributed by atoms with Crippen molar-refractivity contribution in [3.05, 3.63) is 0 Å². The van der Waals surface area contributed by atoms with Crippen molar-refractivity contribution in [3.8, 4) is 0 Å². The minimum Gasteiger partial charge on any atom is -0.301 e. The predicted octanol–water partition coefficient (Wildman–Crippen LogP) is 2.76. The second-order valence-corrected chi connectivity index (χ2v) is 4.13. The number of hydrogen-bond donors (Lipinski definition) is 0. The molecule has 1 aliphatic carbocycles. The Bertz CT molecular complexity index is 131. The minimum absolute atomic E-state index is 0.779. The minimum atomic E-state index is 0.779. The molecule has 1 saturated carbocycles. The lowest BCUT2D eigenvalue weighted by atomic mass is 10.1. The Hall–Kier alpha value is -0.0400. The van der Waals surface area contributed by atoms with Crippen LogP contribution in [0, 0.1) is 11.8 Å². The van der Waals surface area contributed by atoms with E-state index < -0.39 is 0 Å². The second-order valence-electron chi connectivity index (χ2n) is 4.13. The molecule has 0 bridgehead atoms. The van der Waals surface area contributed by atoms with Crippen LogP contribution in [-0.4, -0.2) is 24.0 Å². The first-order chi connectivity index (χ1) is 5.77. The molecule has 0 amide bonds. The maximum absolute atomic E-state index is 2.62. The van der Waals surface area contributed by atoms with Crippen LogP contribution in [0.3, 0.4) is 0 Å². The zero-order valence-electron chi connectivity index (χ0n) is 9.01. The van der Waals surface area contributed by atoms with Gasteiger partial charge in [0, 0.05) is 12.6 Å². The van der Waals surface area contributed by atoms with Gasteiger partial charge in [0.1, 0.15) is 0 Å². The molecule has 2 fully saturated rings. The quantitative estimate of drug-likeness (QED) is 0.583. The van der Waals surface area contributed by atoms with E-state index in [0.717, 1.165) is 17.9 Å². The van der Waals surface area contributed by atoms with Crippen molar-refractivity contribution in [2.24, 2.45) is 11.8 Å². The molecule has 0 spiro atoms. The summed E-state index contributed by atoms with van der Waals surface area (Å²) in [6, 6.07) is 0.779. The first-order valence-electron chi connectivity index (χ1n) is 5.51. The molecule has 72 valence electrons. The summed E-state index contributed by atoms with van der Waals surface area (Å²) in [6.07, 6.45) is 3.01. The van der Waals surface area contributed by atoms with Crippen molar-refractivity contribution in [1.82, 2.24) is 4.90 Å². The molecular weight excluding hydrogens is 146 g/mol. The van der Waals surface area contributed by atoms with E-state index in [0.29, 0.717) is 0 Å². The number of hydrogen-bond acceptors (Lipinski definition) is 1. The largest absolute Gasteiger partial charge is 0.301 e. The van der Waals surface area contributed by atoms with Crippen molar-refractivity contribution >= 4 is 0 Å². The molecule has 0 N–H and O–H groups in total. The number of likely N-dealkylation sites (tertiary alicyclic amines) is 1. The van der Waals surface area contributed by atoms with Crippen molar-refractivity contribution in [2.75, 3.05) is 13.1 Å². The van der Waals surface area contributed by atoms with Gasteiger partial charge in [-0.1, -0.05) is 13.8 Å². The first kappa shape index (κ1) is 10.0. The Morgan fingerprint density at radius 1 is 1.17 bits per heavy atom. The van der Waals surface area contributed by atoms with Gasteiger partial charge in [0.2, 0.25) is 0 Å². The third kappa shape index (κ3) is 2.22. The van der Waals surface area contributed by atoms with Crippen LogP contribution in [0.5, 0.6) is 0 Å². The van der Waals surface area contributed by atoms with Crippen LogP contribution >= 0.6 is 0 Å². The molecule has 2 atom stereocenters. The Balaban J connectivity index is 0.000000336. The van der Waals surface area contributed by atoms with E-state index in [2.05, 4.69) is 18.7 Å². The molecule has 1 heterocycles. The van der Waals surface area contributed by atoms with Gasteiger partial charge in [-0.2, -0.15) is 0 Å². The fraction of sp³-hybridized carbons (Fsp3) is 1.00. The summed E-state index contributed by atoms with van der Waals surface area (Å²) in [5, 5.41) is 0. The lowest BCUT2D eigenvalue weighted by Crippen LogP contribution is -2.36. The van der Waals surface area contributed by atoms with Crippen LogP contribution in [0.15, 0.2) is 0 Å². The monoisotopic (exact) mass is 169 g/mol. The lowest BCUT2D eigenvalue weighted by Gasteiger charge is -2.29. The molecule has 2 aliphatic rings. The summed E-state index contributed by atoms with van der Waals surface area (Å²) in [4.78, 5) is 2.62. The van der Waals surface area contributed by atoms with E-state index >= 15 is 0 Å². The predicted molar refractivity (Wildman–Crippen MR) is 54.3 cm³/mol. The van der Waals surface area contributed by atoms with Crippen LogP contribution in [0.1, 0.15) is 40.5 Å². The molecule has 1 nitrogen and oxygen atoms in total. The van der Waals surface area contributed by atoms with Crippen molar-refractivity contribution < 1.29 is 0 Å². The summed E-state index contributed by atoms with van der Waals surface area (Å²) in [5.74, 6) is 2.23. The van der Waals surface area contributed by atoms with E-state index in [1.54, 1.807) is 0 Å². The van der Waals surface area contributed by atoms with Crippen LogP contribution in [0.4, 0.5) is 0 Å². The summed E-state index contributed by atoms with van der Waals surface area (Å²) in [7, 11) is 0. The molecule has 2 rings (SSSR count). The lowest BCUT2D eigenvalue weighted by molar-refractivity contribution is 0.177. The van der Waals surface area contributed by atoms with Gasteiger partial charge in [-0.05, 0) is 45.1 Å². The van der Waals surface area contributed by atoms with Gasteiger partial charge < -0.3 is 4.90 Å². The topological polar surface area (TPSA) is 3.24 Å². The molecule has 0 aromatic heterocycles. The zero-order chi connectivity index (χ0) is 9.14. The zero-order valence-corrected chi connectivity index (χ0v) is 9.01. The van der Waals surface area contributed by atoms with Crippen molar-refractivity contribution in [2.45, 2.75) is 46.6 Å². The first-order valence-corrected chi connectivity index (χ1v) is 5.51. The molecule has 1 heteroatoms. The molecule has 2 unspecified atom stereocenters. The van der Waals surface area contributed by atoms with Gasteiger partial charge in [-0.3, -0.25) is 0 Å². The smallest absolute Gasteiger partial charge is 0.00387 e. The maximum atomic E-state index is 2.62. The fourth-order valence-electron chi connectivity index (χ4n) is 2.08. The highest BCUT2D eigenvalue weighted by Crippen LogP contribution is 2.45. The molecular formula is C11H23N. The van der Waals surface area contributed by atoms with Gasteiger partial charge in [-0.25, -0.2) is 0 Å². The van der Waals surface area contributed by atoms with Gasteiger partial charge in [-0.15, -0.1) is 0 Å². The average Bonchev–Trinajstić information content (AvgIpc) is 2.84. The highest BCUT2D eigenvalue weighted by atomic mass is 15.2. The van der Waals surface area contributed by atoms with Gasteiger partial charge in [0.15, 0.2) is 0 Å². The normalized spacial score (nSPS) is 33.8. The second kappa shape index (κ2) is 4.27. The van der Waals surface area contributed by atoms with E-state index in [1.165, 1.54) is 25.9 Å². The Labute approximate surface area is 77.1 Å². The number of rotatable bonds is 1. The molecule has 0 radical (unpaired) electrons. The third-order valence-corrected chi connectivity index (χ3v) is 3.06. The number of piperidine rings is 1. The van der Waals surface area contributed by atoms with Gasteiger partial charge in [0.05, 0.1) is 0 Å². The molecule has 0 aromatic carbocycles. The molecule has 1 saturated heterocycles. The maximum Gasteiger partial charge on any atom is 0.00387 e. The molecule has 0 aromatic rings. The molecule has 1 aliphatic heterocycles. The van der Waals surface area contributed by atoms with E-state index in [4.69, 9.17) is 0 Å². The van der Waals surface area contributed by atoms with Crippen LogP contribution in [-0.2, 0) is 0 Å². The van der Waals surface area contributed by atoms with E-state index in [1.807, 2.05) is 13.8 Å². The summed E-state index contributed by atoms with van der Waals surface area (Å²) in [5.41, 5.74) is 0. The van der Waals surface area contributed by atoms with Crippen LogP contribution in [0.25, 0.3) is 0 Å².